The van der Waals surface area contributed by atoms with Crippen molar-refractivity contribution < 1.29 is 28.4 Å². The summed E-state index contributed by atoms with van der Waals surface area (Å²) in [4.78, 5) is 28.8. The van der Waals surface area contributed by atoms with Crippen molar-refractivity contribution >= 4 is 36.4 Å². The Hall–Kier alpha value is -2.33. The topological polar surface area (TPSA) is 108 Å². The summed E-state index contributed by atoms with van der Waals surface area (Å²) in [7, 11) is -0.716. The van der Waals surface area contributed by atoms with Crippen LogP contribution in [0.2, 0.25) is 0 Å². The second kappa shape index (κ2) is 8.31. The van der Waals surface area contributed by atoms with E-state index in [1.54, 1.807) is 53.7 Å². The lowest BCUT2D eigenvalue weighted by Crippen LogP contribution is -2.41. The summed E-state index contributed by atoms with van der Waals surface area (Å²) in [5.41, 5.74) is -1.89. The zero-order chi connectivity index (χ0) is 23.8. The number of anilines is 2. The number of aromatic nitrogens is 1. The highest BCUT2D eigenvalue weighted by molar-refractivity contribution is 6.62. The van der Waals surface area contributed by atoms with Gasteiger partial charge in [0.05, 0.1) is 11.2 Å². The van der Waals surface area contributed by atoms with E-state index in [2.05, 4.69) is 15.6 Å². The number of carbonyl (C=O) groups excluding carboxylic acids is 2. The van der Waals surface area contributed by atoms with Crippen molar-refractivity contribution in [3.05, 3.63) is 12.1 Å². The van der Waals surface area contributed by atoms with Crippen molar-refractivity contribution in [2.24, 2.45) is 0 Å². The minimum absolute atomic E-state index is 0.174. The molecule has 1 aromatic heterocycles. The Kier molecular flexibility index (Phi) is 6.69. The average Bonchev–Trinajstić information content (AvgIpc) is 2.71. The molecule has 2 heterocycles. The zero-order valence-electron chi connectivity index (χ0n) is 20.1. The van der Waals surface area contributed by atoms with E-state index in [9.17, 15) is 9.59 Å². The molecule has 0 aliphatic carbocycles. The van der Waals surface area contributed by atoms with Gasteiger partial charge in [0.1, 0.15) is 22.8 Å². The molecule has 1 aromatic rings. The molecule has 0 aromatic carbocycles. The molecule has 0 spiro atoms. The summed E-state index contributed by atoms with van der Waals surface area (Å²) < 4.78 is 22.8. The van der Waals surface area contributed by atoms with Crippen LogP contribution in [-0.4, -0.2) is 46.7 Å². The van der Waals surface area contributed by atoms with Gasteiger partial charge in [0.25, 0.3) is 0 Å². The number of rotatable bonds is 3. The van der Waals surface area contributed by atoms with Crippen LogP contribution in [0.5, 0.6) is 0 Å². The van der Waals surface area contributed by atoms with Crippen LogP contribution in [0.25, 0.3) is 0 Å². The molecule has 1 aliphatic heterocycles. The van der Waals surface area contributed by atoms with Crippen molar-refractivity contribution in [3.8, 4) is 0 Å². The molecule has 1 aliphatic rings. The first-order valence-corrected chi connectivity index (χ1v) is 10.2. The Labute approximate surface area is 184 Å². The van der Waals surface area contributed by atoms with E-state index in [0.29, 0.717) is 5.46 Å². The summed E-state index contributed by atoms with van der Waals surface area (Å²) in [5.74, 6) is 0.347. The summed E-state index contributed by atoms with van der Waals surface area (Å²) >= 11 is 0. The molecule has 2 N–H and O–H groups in total. The average molecular weight is 435 g/mol. The molecule has 31 heavy (non-hydrogen) atoms. The molecule has 1 fully saturated rings. The minimum atomic E-state index is -0.716. The lowest BCUT2D eigenvalue weighted by Gasteiger charge is -2.32. The van der Waals surface area contributed by atoms with Crippen LogP contribution < -0.4 is 16.1 Å². The zero-order valence-corrected chi connectivity index (χ0v) is 20.1. The molecule has 2 amide bonds. The number of hydrogen-bond donors (Lipinski definition) is 2. The Bertz CT molecular complexity index is 778. The predicted molar refractivity (Wildman–Crippen MR) is 120 cm³/mol. The maximum atomic E-state index is 12.2. The predicted octanol–water partition coefficient (Wildman–Crippen LogP) is 4.07. The third-order valence-corrected chi connectivity index (χ3v) is 4.63. The van der Waals surface area contributed by atoms with Crippen molar-refractivity contribution in [3.63, 3.8) is 0 Å². The third-order valence-electron chi connectivity index (χ3n) is 4.63. The van der Waals surface area contributed by atoms with Crippen LogP contribution in [0.15, 0.2) is 12.1 Å². The second-order valence-electron chi connectivity index (χ2n) is 10.5. The lowest BCUT2D eigenvalue weighted by molar-refractivity contribution is 0.00578. The molecular formula is C21H34BN3O6. The van der Waals surface area contributed by atoms with E-state index in [1.807, 2.05) is 27.7 Å². The number of nitrogens with one attached hydrogen (secondary N) is 2. The monoisotopic (exact) mass is 435 g/mol. The fourth-order valence-corrected chi connectivity index (χ4v) is 2.61. The normalized spacial score (nSPS) is 17.8. The number of ether oxygens (including phenoxy) is 2. The van der Waals surface area contributed by atoms with Crippen LogP contribution in [-0.2, 0) is 18.8 Å². The Morgan fingerprint density at radius 2 is 1.19 bits per heavy atom. The van der Waals surface area contributed by atoms with Gasteiger partial charge in [0.2, 0.25) is 0 Å². The van der Waals surface area contributed by atoms with Crippen molar-refractivity contribution in [1.82, 2.24) is 4.98 Å². The number of nitrogens with zero attached hydrogens (tertiary/aromatic N) is 1. The van der Waals surface area contributed by atoms with Gasteiger partial charge in [0.15, 0.2) is 0 Å². The fourth-order valence-electron chi connectivity index (χ4n) is 2.61. The van der Waals surface area contributed by atoms with Gasteiger partial charge in [-0.2, -0.15) is 0 Å². The highest BCUT2D eigenvalue weighted by Gasteiger charge is 2.52. The lowest BCUT2D eigenvalue weighted by atomic mass is 9.79. The van der Waals surface area contributed by atoms with E-state index in [-0.39, 0.29) is 11.6 Å². The Morgan fingerprint density at radius 1 is 0.839 bits per heavy atom. The number of carbonyl (C=O) groups is 2. The summed E-state index contributed by atoms with van der Waals surface area (Å²) in [6.07, 6.45) is -1.34. The smallest absolute Gasteiger partial charge is 0.444 e. The first-order chi connectivity index (χ1) is 13.9. The van der Waals surface area contributed by atoms with Gasteiger partial charge in [-0.25, -0.2) is 14.6 Å². The van der Waals surface area contributed by atoms with Gasteiger partial charge in [-0.3, -0.25) is 10.6 Å². The first-order valence-electron chi connectivity index (χ1n) is 10.2. The van der Waals surface area contributed by atoms with E-state index < -0.39 is 41.7 Å². The largest absolute Gasteiger partial charge is 0.495 e. The molecule has 2 rings (SSSR count). The summed E-state index contributed by atoms with van der Waals surface area (Å²) in [6.45, 7) is 18.3. The van der Waals surface area contributed by atoms with Gasteiger partial charge in [-0.05, 0) is 86.8 Å². The van der Waals surface area contributed by atoms with Gasteiger partial charge in [-0.1, -0.05) is 0 Å². The molecule has 0 bridgehead atoms. The molecule has 0 radical (unpaired) electrons. The quantitative estimate of drug-likeness (QED) is 0.689. The van der Waals surface area contributed by atoms with Gasteiger partial charge in [-0.15, -0.1) is 0 Å². The highest BCUT2D eigenvalue weighted by atomic mass is 16.7. The SMILES string of the molecule is CC(C)(C)OC(=O)Nc1cc(B2OC(C)(C)C(C)(C)O2)cc(NC(=O)OC(C)(C)C)n1. The van der Waals surface area contributed by atoms with Crippen molar-refractivity contribution in [2.45, 2.75) is 91.6 Å². The fraction of sp³-hybridized carbons (Fsp3) is 0.667. The minimum Gasteiger partial charge on any atom is -0.444 e. The van der Waals surface area contributed by atoms with E-state index in [0.717, 1.165) is 0 Å². The van der Waals surface area contributed by atoms with E-state index in [1.165, 1.54) is 0 Å². The molecule has 10 heteroatoms. The van der Waals surface area contributed by atoms with Crippen LogP contribution in [0.1, 0.15) is 69.2 Å². The highest BCUT2D eigenvalue weighted by Crippen LogP contribution is 2.36. The number of pyridine rings is 1. The summed E-state index contributed by atoms with van der Waals surface area (Å²) in [6, 6.07) is 3.23. The molecule has 0 unspecified atom stereocenters. The Morgan fingerprint density at radius 3 is 1.52 bits per heavy atom. The summed E-state index contributed by atoms with van der Waals surface area (Å²) in [5, 5.41) is 5.18. The molecule has 0 saturated carbocycles. The second-order valence-corrected chi connectivity index (χ2v) is 10.5. The maximum Gasteiger partial charge on any atom is 0.495 e. The van der Waals surface area contributed by atoms with Crippen molar-refractivity contribution in [1.29, 1.82) is 0 Å². The van der Waals surface area contributed by atoms with Crippen molar-refractivity contribution in [2.75, 3.05) is 10.6 Å². The third kappa shape index (κ3) is 7.10. The van der Waals surface area contributed by atoms with Gasteiger partial charge >= 0.3 is 19.3 Å². The van der Waals surface area contributed by atoms with Crippen LogP contribution in [0, 0.1) is 0 Å². The van der Waals surface area contributed by atoms with Gasteiger partial charge < -0.3 is 18.8 Å². The van der Waals surface area contributed by atoms with Crippen LogP contribution in [0.3, 0.4) is 0 Å². The molecular weight excluding hydrogens is 401 g/mol. The van der Waals surface area contributed by atoms with Crippen LogP contribution in [0.4, 0.5) is 21.2 Å². The first kappa shape index (κ1) is 24.9. The van der Waals surface area contributed by atoms with Gasteiger partial charge in [0, 0.05) is 0 Å². The number of amides is 2. The Balaban J connectivity index is 2.34. The maximum absolute atomic E-state index is 12.2. The van der Waals surface area contributed by atoms with E-state index in [4.69, 9.17) is 18.8 Å². The number of hydrogen-bond acceptors (Lipinski definition) is 7. The standard InChI is InChI=1S/C21H34BN3O6/c1-18(2,3)28-16(26)24-14-11-13(22-30-20(7,8)21(9,10)31-22)12-15(23-14)25-17(27)29-19(4,5)6/h11-12H,1-10H3,(H2,23,24,25,26,27). The van der Waals surface area contributed by atoms with E-state index >= 15 is 0 Å². The molecule has 0 atom stereocenters. The molecule has 9 nitrogen and oxygen atoms in total. The van der Waals surface area contributed by atoms with Crippen LogP contribution >= 0.6 is 0 Å². The molecule has 172 valence electrons. The molecule has 1 saturated heterocycles.